The van der Waals surface area contributed by atoms with Crippen LogP contribution >= 0.6 is 0 Å². The first kappa shape index (κ1) is 25.5. The number of ether oxygens (including phenoxy) is 1. The molecule has 0 saturated carbocycles. The fraction of sp³-hybridized carbons (Fsp3) is 0.500. The number of alkyl halides is 7. The lowest BCUT2D eigenvalue weighted by molar-refractivity contribution is -0.344. The number of hydrogen-bond donors (Lipinski definition) is 2. The Morgan fingerprint density at radius 2 is 1.69 bits per heavy atom. The van der Waals surface area contributed by atoms with Gasteiger partial charge in [0.1, 0.15) is 6.04 Å². The zero-order valence-electron chi connectivity index (χ0n) is 17.0. The summed E-state index contributed by atoms with van der Waals surface area (Å²) in [5.74, 6) is -16.9. The van der Waals surface area contributed by atoms with Crippen molar-refractivity contribution in [2.75, 3.05) is 6.61 Å². The van der Waals surface area contributed by atoms with E-state index in [9.17, 15) is 40.3 Å². The molecule has 5 nitrogen and oxygen atoms in total. The molecule has 0 radical (unpaired) electrons. The number of carbonyl (C=O) groups is 2. The van der Waals surface area contributed by atoms with E-state index in [1.807, 2.05) is 0 Å². The van der Waals surface area contributed by atoms with Gasteiger partial charge in [0.2, 0.25) is 0 Å². The number of benzene rings is 1. The van der Waals surface area contributed by atoms with Crippen molar-refractivity contribution in [1.29, 1.82) is 0 Å². The van der Waals surface area contributed by atoms with Gasteiger partial charge in [-0.1, -0.05) is 32.0 Å². The van der Waals surface area contributed by atoms with E-state index in [-0.39, 0.29) is 12.5 Å². The molecule has 0 aliphatic rings. The van der Waals surface area contributed by atoms with Crippen LogP contribution in [-0.2, 0) is 20.7 Å². The van der Waals surface area contributed by atoms with Gasteiger partial charge in [-0.05, 0) is 24.0 Å². The largest absolute Gasteiger partial charge is 0.464 e. The molecule has 1 heterocycles. The fourth-order valence-electron chi connectivity index (χ4n) is 2.78. The third-order valence-corrected chi connectivity index (χ3v) is 4.66. The summed E-state index contributed by atoms with van der Waals surface area (Å²) in [5.41, 5.74) is 0.923. The normalized spacial score (nSPS) is 13.9. The minimum absolute atomic E-state index is 0.0965. The number of aromatic nitrogens is 1. The van der Waals surface area contributed by atoms with Crippen molar-refractivity contribution >= 4 is 22.8 Å². The van der Waals surface area contributed by atoms with Crippen LogP contribution in [0, 0.1) is 5.92 Å². The number of rotatable bonds is 9. The minimum Gasteiger partial charge on any atom is -0.464 e. The molecule has 2 aromatic rings. The maximum absolute atomic E-state index is 13.8. The molecular formula is C20H21F7N2O3. The first-order chi connectivity index (χ1) is 14.7. The van der Waals surface area contributed by atoms with Gasteiger partial charge in [-0.3, -0.25) is 4.79 Å². The van der Waals surface area contributed by atoms with Gasteiger partial charge in [0.25, 0.3) is 5.91 Å². The molecule has 0 saturated heterocycles. The fourth-order valence-corrected chi connectivity index (χ4v) is 2.78. The Bertz CT molecular complexity index is 954. The van der Waals surface area contributed by atoms with E-state index < -0.39 is 42.4 Å². The monoisotopic (exact) mass is 470 g/mol. The van der Waals surface area contributed by atoms with Crippen LogP contribution in [0.2, 0.25) is 0 Å². The van der Waals surface area contributed by atoms with Crippen LogP contribution in [-0.4, -0.2) is 47.5 Å². The lowest BCUT2D eigenvalue weighted by Crippen LogP contribution is -2.61. The second-order valence-electron chi connectivity index (χ2n) is 7.59. The van der Waals surface area contributed by atoms with Gasteiger partial charge in [-0.25, -0.2) is 4.79 Å². The molecule has 2 rings (SSSR count). The van der Waals surface area contributed by atoms with Crippen LogP contribution in [0.15, 0.2) is 30.5 Å². The molecule has 1 aromatic carbocycles. The van der Waals surface area contributed by atoms with Crippen LogP contribution in [0.1, 0.15) is 25.8 Å². The average molecular weight is 470 g/mol. The average Bonchev–Trinajstić information content (AvgIpc) is 3.09. The standard InChI is InChI=1S/C20H21F7N2O3/c1-11(2)7-8-32-16(30)15(9-12-10-28-14-6-4-3-5-13(12)14)29-17(31)18(21,22)19(23,24)20(25,26)27/h3-6,10-11,15,28H,7-9H2,1-2H3,(H,29,31). The number of aromatic amines is 1. The number of nitrogens with one attached hydrogen (secondary N) is 2. The predicted molar refractivity (Wildman–Crippen MR) is 100 cm³/mol. The highest BCUT2D eigenvalue weighted by Crippen LogP contribution is 2.46. The van der Waals surface area contributed by atoms with E-state index >= 15 is 0 Å². The van der Waals surface area contributed by atoms with Crippen molar-refractivity contribution < 1.29 is 45.1 Å². The molecule has 178 valence electrons. The Hall–Kier alpha value is -2.79. The van der Waals surface area contributed by atoms with Crippen LogP contribution in [0.3, 0.4) is 0 Å². The van der Waals surface area contributed by atoms with E-state index in [2.05, 4.69) is 4.98 Å². The Labute approximate surface area is 178 Å². The van der Waals surface area contributed by atoms with Crippen molar-refractivity contribution in [3.05, 3.63) is 36.0 Å². The van der Waals surface area contributed by atoms with E-state index in [0.29, 0.717) is 22.9 Å². The first-order valence-corrected chi connectivity index (χ1v) is 9.53. The van der Waals surface area contributed by atoms with Gasteiger partial charge in [-0.2, -0.15) is 30.7 Å². The second-order valence-corrected chi connectivity index (χ2v) is 7.59. The Morgan fingerprint density at radius 3 is 2.28 bits per heavy atom. The number of H-pyrrole nitrogens is 1. The number of carbonyl (C=O) groups excluding carboxylic acids is 2. The van der Waals surface area contributed by atoms with E-state index in [1.54, 1.807) is 38.1 Å². The van der Waals surface area contributed by atoms with Gasteiger partial charge in [0, 0.05) is 23.5 Å². The van der Waals surface area contributed by atoms with Crippen LogP contribution in [0.25, 0.3) is 10.9 Å². The molecule has 0 spiro atoms. The maximum Gasteiger partial charge on any atom is 0.460 e. The minimum atomic E-state index is -6.68. The van der Waals surface area contributed by atoms with Gasteiger partial charge < -0.3 is 15.0 Å². The van der Waals surface area contributed by atoms with Crippen molar-refractivity contribution in [3.63, 3.8) is 0 Å². The van der Waals surface area contributed by atoms with Crippen molar-refractivity contribution in [1.82, 2.24) is 10.3 Å². The van der Waals surface area contributed by atoms with Gasteiger partial charge in [-0.15, -0.1) is 0 Å². The lowest BCUT2D eigenvalue weighted by atomic mass is 10.0. The molecule has 32 heavy (non-hydrogen) atoms. The Kier molecular flexibility index (Phi) is 7.46. The summed E-state index contributed by atoms with van der Waals surface area (Å²) < 4.78 is 96.1. The van der Waals surface area contributed by atoms with Crippen molar-refractivity contribution in [2.45, 2.75) is 50.8 Å². The molecule has 2 N–H and O–H groups in total. The lowest BCUT2D eigenvalue weighted by Gasteiger charge is -2.28. The van der Waals surface area contributed by atoms with Gasteiger partial charge in [0.15, 0.2) is 0 Å². The quantitative estimate of drug-likeness (QED) is 0.415. The molecule has 1 aromatic heterocycles. The molecule has 1 atom stereocenters. The Morgan fingerprint density at radius 1 is 1.06 bits per heavy atom. The van der Waals surface area contributed by atoms with Crippen LogP contribution in [0.4, 0.5) is 30.7 Å². The SMILES string of the molecule is CC(C)CCOC(=O)C(Cc1c[nH]c2ccccc12)NC(=O)C(F)(F)C(F)(F)C(F)(F)F. The zero-order valence-corrected chi connectivity index (χ0v) is 17.0. The molecule has 0 fully saturated rings. The summed E-state index contributed by atoms with van der Waals surface area (Å²) in [7, 11) is 0. The predicted octanol–water partition coefficient (Wildman–Crippen LogP) is 4.62. The summed E-state index contributed by atoms with van der Waals surface area (Å²) >= 11 is 0. The van der Waals surface area contributed by atoms with Crippen molar-refractivity contribution in [3.8, 4) is 0 Å². The van der Waals surface area contributed by atoms with Crippen LogP contribution < -0.4 is 5.32 Å². The molecule has 1 amide bonds. The Balaban J connectivity index is 2.29. The first-order valence-electron chi connectivity index (χ1n) is 9.53. The molecule has 0 bridgehead atoms. The number of amides is 1. The summed E-state index contributed by atoms with van der Waals surface area (Å²) in [6.07, 6.45) is -5.39. The highest BCUT2D eigenvalue weighted by atomic mass is 19.4. The van der Waals surface area contributed by atoms with Crippen molar-refractivity contribution in [2.24, 2.45) is 5.92 Å². The molecule has 0 aliphatic heterocycles. The number of fused-ring (bicyclic) bond motifs is 1. The maximum atomic E-state index is 13.8. The van der Waals surface area contributed by atoms with E-state index in [4.69, 9.17) is 4.74 Å². The number of hydrogen-bond acceptors (Lipinski definition) is 3. The highest BCUT2D eigenvalue weighted by Gasteiger charge is 2.76. The molecule has 12 heteroatoms. The summed E-state index contributed by atoms with van der Waals surface area (Å²) in [6.45, 7) is 3.45. The van der Waals surface area contributed by atoms with Crippen LogP contribution in [0.5, 0.6) is 0 Å². The highest BCUT2D eigenvalue weighted by molar-refractivity contribution is 5.90. The summed E-state index contributed by atoms with van der Waals surface area (Å²) in [4.78, 5) is 27.0. The molecular weight excluding hydrogens is 449 g/mol. The second kappa shape index (κ2) is 9.37. The molecule has 1 unspecified atom stereocenters. The number of esters is 1. The number of para-hydroxylation sites is 1. The molecule has 0 aliphatic carbocycles. The summed E-state index contributed by atoms with van der Waals surface area (Å²) in [6, 6.07) is 4.65. The van der Waals surface area contributed by atoms with Gasteiger partial charge in [0.05, 0.1) is 6.61 Å². The summed E-state index contributed by atoms with van der Waals surface area (Å²) in [5, 5.41) is 1.86. The third-order valence-electron chi connectivity index (χ3n) is 4.66. The van der Waals surface area contributed by atoms with E-state index in [1.165, 1.54) is 11.5 Å². The van der Waals surface area contributed by atoms with Gasteiger partial charge >= 0.3 is 24.0 Å². The zero-order chi connectivity index (χ0) is 24.3. The van der Waals surface area contributed by atoms with E-state index in [0.717, 1.165) is 0 Å². The smallest absolute Gasteiger partial charge is 0.460 e. The topological polar surface area (TPSA) is 71.2 Å². The number of halogens is 7. The third kappa shape index (κ3) is 5.33.